The lowest BCUT2D eigenvalue weighted by Crippen LogP contribution is -2.51. The first-order valence-electron chi connectivity index (χ1n) is 21.8. The van der Waals surface area contributed by atoms with Crippen LogP contribution in [-0.4, -0.2) is 84.6 Å². The van der Waals surface area contributed by atoms with Crippen molar-refractivity contribution >= 4 is 47.2 Å². The van der Waals surface area contributed by atoms with Crippen LogP contribution in [-0.2, 0) is 18.9 Å². The molecule has 0 bridgehead atoms. The van der Waals surface area contributed by atoms with Crippen molar-refractivity contribution < 1.29 is 38.0 Å². The van der Waals surface area contributed by atoms with Gasteiger partial charge in [-0.1, -0.05) is 65.3 Å². The Morgan fingerprint density at radius 1 is 0.689 bits per heavy atom. The predicted molar refractivity (Wildman–Crippen MR) is 238 cm³/mol. The first kappa shape index (κ1) is 44.3. The molecule has 0 saturated carbocycles. The largest absolute Gasteiger partial charge is 0.493 e. The quantitative estimate of drug-likeness (QED) is 0.249. The van der Waals surface area contributed by atoms with Crippen LogP contribution in [0.15, 0.2) is 71.6 Å². The average Bonchev–Trinajstić information content (AvgIpc) is 3.20. The average molecular weight is 896 g/mol. The minimum atomic E-state index is -0.481. The zero-order chi connectivity index (χ0) is 43.2. The number of fused-ring (bicyclic) bond motifs is 6. The molecule has 330 valence electrons. The van der Waals surface area contributed by atoms with Crippen LogP contribution >= 0.6 is 35.0 Å². The number of carbonyl (C=O) groups is 2. The molecule has 6 heterocycles. The van der Waals surface area contributed by atoms with Gasteiger partial charge in [0, 0.05) is 64.1 Å². The summed E-state index contributed by atoms with van der Waals surface area (Å²) in [5.74, 6) is 2.22. The molecule has 3 aromatic rings. The standard InChI is InChI=1S/C27H32ClNO4S.C21H28ClNO4/c1-26(2,3)33-25(30)29-13-11-27(12-14-29)16-21-23(31-17-27)20-10-9-18(28)15-22(20)32-24(21)34-19-7-5-4-6-8-19;1-20(2,3)27-19(24)23-8-6-21(7-9-23)11-14-12-25-17-10-15(22)4-5-16(17)18(14)26-13-21/h4-10,15,21,23-24H,11-14,16-17H2,1-3H3;4-5,10,14,18H,6-9,11-13H2,1-3H3. The third kappa shape index (κ3) is 10.4. The Labute approximate surface area is 375 Å². The maximum Gasteiger partial charge on any atom is 0.410 e. The second-order valence-corrected chi connectivity index (χ2v) is 21.9. The van der Waals surface area contributed by atoms with E-state index in [0.29, 0.717) is 42.3 Å². The molecule has 4 saturated heterocycles. The fourth-order valence-corrected chi connectivity index (χ4v) is 11.2. The molecule has 4 fully saturated rings. The summed E-state index contributed by atoms with van der Waals surface area (Å²) in [6.07, 6.45) is 5.43. The number of rotatable bonds is 2. The molecule has 3 aromatic carbocycles. The number of benzene rings is 3. The summed E-state index contributed by atoms with van der Waals surface area (Å²) in [4.78, 5) is 29.7. The lowest BCUT2D eigenvalue weighted by molar-refractivity contribution is -0.140. The predicted octanol–water partition coefficient (Wildman–Crippen LogP) is 11.8. The van der Waals surface area contributed by atoms with E-state index in [1.54, 1.807) is 11.8 Å². The molecule has 61 heavy (non-hydrogen) atoms. The Hall–Kier alpha value is -3.35. The Morgan fingerprint density at radius 3 is 1.75 bits per heavy atom. The molecular weight excluding hydrogens is 836 g/mol. The van der Waals surface area contributed by atoms with Gasteiger partial charge in [-0.2, -0.15) is 0 Å². The van der Waals surface area contributed by atoms with Crippen molar-refractivity contribution in [1.29, 1.82) is 0 Å². The second-order valence-electron chi connectivity index (χ2n) is 19.8. The number of hydrogen-bond acceptors (Lipinski definition) is 9. The molecular formula is C48H60Cl2N2O8S. The van der Waals surface area contributed by atoms with E-state index in [2.05, 4.69) is 24.3 Å². The van der Waals surface area contributed by atoms with Crippen LogP contribution in [0.4, 0.5) is 9.59 Å². The van der Waals surface area contributed by atoms with Crippen molar-refractivity contribution in [3.63, 3.8) is 0 Å². The number of hydrogen-bond donors (Lipinski definition) is 0. The normalized spacial score (nSPS) is 26.2. The van der Waals surface area contributed by atoms with Crippen molar-refractivity contribution in [2.45, 2.75) is 114 Å². The molecule has 6 aliphatic rings. The van der Waals surface area contributed by atoms with E-state index in [-0.39, 0.29) is 46.6 Å². The number of amides is 2. The van der Waals surface area contributed by atoms with Crippen molar-refractivity contribution in [3.05, 3.63) is 87.9 Å². The van der Waals surface area contributed by atoms with Gasteiger partial charge >= 0.3 is 12.2 Å². The molecule has 0 aliphatic carbocycles. The molecule has 13 heteroatoms. The summed E-state index contributed by atoms with van der Waals surface area (Å²) in [6, 6.07) is 22.0. The van der Waals surface area contributed by atoms with Crippen molar-refractivity contribution in [3.8, 4) is 11.5 Å². The van der Waals surface area contributed by atoms with E-state index >= 15 is 0 Å². The fourth-order valence-electron chi connectivity index (χ4n) is 9.78. The zero-order valence-electron chi connectivity index (χ0n) is 36.3. The minimum absolute atomic E-state index is 0.0169. The Kier molecular flexibility index (Phi) is 12.8. The van der Waals surface area contributed by atoms with E-state index in [1.165, 1.54) is 4.90 Å². The van der Waals surface area contributed by atoms with Crippen LogP contribution in [0, 0.1) is 22.7 Å². The Balaban J connectivity index is 0.000000173. The summed E-state index contributed by atoms with van der Waals surface area (Å²) >= 11 is 14.1. The van der Waals surface area contributed by atoms with Crippen LogP contribution in [0.3, 0.4) is 0 Å². The van der Waals surface area contributed by atoms with Crippen molar-refractivity contribution in [2.24, 2.45) is 22.7 Å². The van der Waals surface area contributed by atoms with E-state index in [9.17, 15) is 9.59 Å². The highest BCUT2D eigenvalue weighted by Crippen LogP contribution is 2.56. The first-order valence-corrected chi connectivity index (χ1v) is 23.4. The smallest absolute Gasteiger partial charge is 0.410 e. The van der Waals surface area contributed by atoms with Crippen molar-refractivity contribution in [1.82, 2.24) is 9.80 Å². The lowest BCUT2D eigenvalue weighted by Gasteiger charge is -2.51. The molecule has 0 N–H and O–H groups in total. The number of carbonyl (C=O) groups excluding carboxylic acids is 2. The molecule has 10 nitrogen and oxygen atoms in total. The maximum absolute atomic E-state index is 12.6. The number of nitrogens with zero attached hydrogens (tertiary/aromatic N) is 2. The van der Waals surface area contributed by atoms with Gasteiger partial charge in [0.2, 0.25) is 0 Å². The van der Waals surface area contributed by atoms with Gasteiger partial charge in [-0.05, 0) is 127 Å². The van der Waals surface area contributed by atoms with Gasteiger partial charge in [0.25, 0.3) is 0 Å². The first-order chi connectivity index (χ1) is 29.0. The molecule has 5 atom stereocenters. The molecule has 6 aliphatic heterocycles. The molecule has 0 radical (unpaired) electrons. The zero-order valence-corrected chi connectivity index (χ0v) is 38.6. The summed E-state index contributed by atoms with van der Waals surface area (Å²) in [5, 5.41) is 1.36. The van der Waals surface area contributed by atoms with E-state index in [4.69, 9.17) is 51.6 Å². The third-order valence-electron chi connectivity index (χ3n) is 12.9. The number of ether oxygens (including phenoxy) is 6. The highest BCUT2D eigenvalue weighted by molar-refractivity contribution is 7.99. The minimum Gasteiger partial charge on any atom is -0.493 e. The SMILES string of the molecule is CC(C)(C)OC(=O)N1CCC2(CC1)COC1c3ccc(Cl)cc3OC(Sc3ccccc3)C1C2.CC(C)(C)OC(=O)N1CCC2(CC1)COC1c3ccc(Cl)cc3OCC1C2. The van der Waals surface area contributed by atoms with Gasteiger partial charge in [-0.15, -0.1) is 0 Å². The van der Waals surface area contributed by atoms with Gasteiger partial charge in [0.05, 0.1) is 32.0 Å². The number of piperidine rings is 2. The van der Waals surface area contributed by atoms with Crippen LogP contribution in [0.1, 0.15) is 103 Å². The highest BCUT2D eigenvalue weighted by Gasteiger charge is 2.51. The monoisotopic (exact) mass is 894 g/mol. The highest BCUT2D eigenvalue weighted by atomic mass is 35.5. The molecule has 5 unspecified atom stereocenters. The number of likely N-dealkylation sites (tertiary alicyclic amines) is 2. The summed E-state index contributed by atoms with van der Waals surface area (Å²) < 4.78 is 36.6. The molecule has 0 aromatic heterocycles. The lowest BCUT2D eigenvalue weighted by atomic mass is 9.68. The molecule has 2 amide bonds. The Bertz CT molecular complexity index is 2040. The second kappa shape index (κ2) is 17.7. The molecule has 9 rings (SSSR count). The van der Waals surface area contributed by atoms with Gasteiger partial charge < -0.3 is 38.2 Å². The van der Waals surface area contributed by atoms with Crippen LogP contribution < -0.4 is 9.47 Å². The summed E-state index contributed by atoms with van der Waals surface area (Å²) in [6.45, 7) is 16.4. The van der Waals surface area contributed by atoms with Gasteiger partial charge in [-0.25, -0.2) is 9.59 Å². The van der Waals surface area contributed by atoms with Crippen molar-refractivity contribution in [2.75, 3.05) is 46.0 Å². The fraction of sp³-hybridized carbons (Fsp3) is 0.583. The van der Waals surface area contributed by atoms with Crippen LogP contribution in [0.5, 0.6) is 11.5 Å². The van der Waals surface area contributed by atoms with E-state index in [0.717, 1.165) is 80.8 Å². The van der Waals surface area contributed by atoms with Gasteiger partial charge in [-0.3, -0.25) is 0 Å². The van der Waals surface area contributed by atoms with E-state index < -0.39 is 11.2 Å². The maximum atomic E-state index is 12.6. The summed E-state index contributed by atoms with van der Waals surface area (Å²) in [7, 11) is 0. The topological polar surface area (TPSA) is 96.0 Å². The van der Waals surface area contributed by atoms with Gasteiger partial charge in [0.15, 0.2) is 5.44 Å². The summed E-state index contributed by atoms with van der Waals surface area (Å²) in [5.41, 5.74) is 1.36. The molecule has 2 spiro atoms. The van der Waals surface area contributed by atoms with Gasteiger partial charge in [0.1, 0.15) is 22.7 Å². The van der Waals surface area contributed by atoms with Crippen LogP contribution in [0.25, 0.3) is 0 Å². The number of thioether (sulfide) groups is 1. The number of halogens is 2. The van der Waals surface area contributed by atoms with Crippen LogP contribution in [0.2, 0.25) is 10.0 Å². The van der Waals surface area contributed by atoms with E-state index in [1.807, 2.05) is 93.8 Å². The Morgan fingerprint density at radius 2 is 1.20 bits per heavy atom. The third-order valence-corrected chi connectivity index (χ3v) is 14.6.